The molecule has 6 heteroatoms. The van der Waals surface area contributed by atoms with Gasteiger partial charge < -0.3 is 14.8 Å². The second kappa shape index (κ2) is 9.13. The zero-order valence-corrected chi connectivity index (χ0v) is 20.3. The minimum Gasteiger partial charge on any atom is -0.371 e. The van der Waals surface area contributed by atoms with Crippen molar-refractivity contribution in [1.82, 2.24) is 19.8 Å². The van der Waals surface area contributed by atoms with Crippen LogP contribution < -0.4 is 0 Å². The molecule has 1 aromatic heterocycles. The fraction of sp³-hybridized carbons (Fsp3) is 0.464. The molecule has 2 fully saturated rings. The first-order valence-corrected chi connectivity index (χ1v) is 12.5. The third kappa shape index (κ3) is 4.04. The van der Waals surface area contributed by atoms with Crippen LogP contribution in [0.25, 0.3) is 5.57 Å². The number of aryl methyl sites for hydroxylation is 2. The van der Waals surface area contributed by atoms with E-state index in [1.807, 2.05) is 19.1 Å². The maximum Gasteiger partial charge on any atom is 0.230 e. The molecule has 2 aliphatic heterocycles. The van der Waals surface area contributed by atoms with Crippen molar-refractivity contribution in [1.29, 1.82) is 5.26 Å². The molecule has 6 nitrogen and oxygen atoms in total. The Morgan fingerprint density at radius 2 is 1.82 bits per heavy atom. The van der Waals surface area contributed by atoms with E-state index in [0.717, 1.165) is 56.2 Å². The number of amides is 1. The number of aromatic nitrogens is 2. The van der Waals surface area contributed by atoms with Crippen LogP contribution >= 0.6 is 0 Å². The van der Waals surface area contributed by atoms with Crippen molar-refractivity contribution in [3.8, 4) is 6.07 Å². The Labute approximate surface area is 202 Å². The van der Waals surface area contributed by atoms with Gasteiger partial charge in [0.15, 0.2) is 0 Å². The number of piperidine rings is 1. The average molecular weight is 456 g/mol. The molecule has 1 N–H and O–H groups in total. The number of imidazole rings is 1. The van der Waals surface area contributed by atoms with Gasteiger partial charge in [-0.1, -0.05) is 25.1 Å². The number of rotatable bonds is 4. The van der Waals surface area contributed by atoms with Crippen LogP contribution in [-0.2, 0) is 4.79 Å². The highest BCUT2D eigenvalue weighted by molar-refractivity contribution is 5.86. The maximum atomic E-state index is 13.7. The normalized spacial score (nSPS) is 23.1. The van der Waals surface area contributed by atoms with Gasteiger partial charge in [-0.25, -0.2) is 4.98 Å². The topological polar surface area (TPSA) is 76.0 Å². The van der Waals surface area contributed by atoms with Crippen LogP contribution in [0.15, 0.2) is 42.1 Å². The summed E-state index contributed by atoms with van der Waals surface area (Å²) in [5, 5.41) is 9.04. The van der Waals surface area contributed by atoms with Gasteiger partial charge >= 0.3 is 0 Å². The fourth-order valence-electron chi connectivity index (χ4n) is 5.69. The minimum absolute atomic E-state index is 0.0860. The Kier molecular flexibility index (Phi) is 6.03. The smallest absolute Gasteiger partial charge is 0.230 e. The summed E-state index contributed by atoms with van der Waals surface area (Å²) in [4.78, 5) is 26.3. The zero-order chi connectivity index (χ0) is 23.8. The van der Waals surface area contributed by atoms with E-state index in [0.29, 0.717) is 11.5 Å². The van der Waals surface area contributed by atoms with Crippen molar-refractivity contribution in [3.05, 3.63) is 70.5 Å². The van der Waals surface area contributed by atoms with Gasteiger partial charge in [0.2, 0.25) is 5.91 Å². The first kappa shape index (κ1) is 22.5. The summed E-state index contributed by atoms with van der Waals surface area (Å²) in [7, 11) is 0. The Morgan fingerprint density at radius 1 is 1.12 bits per heavy atom. The molecule has 2 saturated heterocycles. The first-order valence-electron chi connectivity index (χ1n) is 12.5. The number of hydrogen-bond acceptors (Lipinski definition) is 4. The van der Waals surface area contributed by atoms with Crippen LogP contribution in [0, 0.1) is 37.0 Å². The summed E-state index contributed by atoms with van der Waals surface area (Å²) in [5.74, 6) is 1.52. The molecular weight excluding hydrogens is 422 g/mol. The lowest BCUT2D eigenvalue weighted by atomic mass is 9.78. The number of benzene rings is 1. The Hall–Kier alpha value is -3.33. The van der Waals surface area contributed by atoms with Crippen LogP contribution in [-0.4, -0.2) is 51.9 Å². The number of carbonyl (C=O) groups is 1. The van der Waals surface area contributed by atoms with Crippen LogP contribution in [0.5, 0.6) is 0 Å². The average Bonchev–Trinajstić information content (AvgIpc) is 3.15. The van der Waals surface area contributed by atoms with Gasteiger partial charge in [0.25, 0.3) is 0 Å². The summed E-state index contributed by atoms with van der Waals surface area (Å²) in [6, 6.07) is 10.1. The number of nitriles is 1. The lowest BCUT2D eigenvalue weighted by Gasteiger charge is -2.41. The first-order chi connectivity index (χ1) is 16.5. The van der Waals surface area contributed by atoms with Crippen molar-refractivity contribution in [2.45, 2.75) is 46.0 Å². The van der Waals surface area contributed by atoms with E-state index in [-0.39, 0.29) is 17.7 Å². The number of carbonyl (C=O) groups excluding carboxylic acids is 1. The van der Waals surface area contributed by atoms with Gasteiger partial charge in [-0.15, -0.1) is 0 Å². The Balaban J connectivity index is 1.32. The van der Waals surface area contributed by atoms with Gasteiger partial charge in [-0.05, 0) is 62.8 Å². The number of nitrogens with one attached hydrogen (secondary N) is 1. The highest BCUT2D eigenvalue weighted by Gasteiger charge is 2.37. The summed E-state index contributed by atoms with van der Waals surface area (Å²) in [6.07, 6.45) is 7.45. The quantitative estimate of drug-likeness (QED) is 0.734. The van der Waals surface area contributed by atoms with E-state index >= 15 is 0 Å². The van der Waals surface area contributed by atoms with Crippen LogP contribution in [0.1, 0.15) is 60.4 Å². The van der Waals surface area contributed by atoms with E-state index in [4.69, 9.17) is 5.26 Å². The number of nitrogens with zero attached hydrogens (tertiary/aromatic N) is 4. The summed E-state index contributed by atoms with van der Waals surface area (Å²) >= 11 is 0. The van der Waals surface area contributed by atoms with E-state index in [2.05, 4.69) is 64.0 Å². The maximum absolute atomic E-state index is 13.7. The van der Waals surface area contributed by atoms with Crippen LogP contribution in [0.3, 0.4) is 0 Å². The molecule has 0 bridgehead atoms. The van der Waals surface area contributed by atoms with Gasteiger partial charge in [-0.2, -0.15) is 5.26 Å². The molecular formula is C28H33N5O. The molecule has 1 aromatic carbocycles. The van der Waals surface area contributed by atoms with Crippen molar-refractivity contribution in [3.63, 3.8) is 0 Å². The highest BCUT2D eigenvalue weighted by atomic mass is 16.2. The fourth-order valence-corrected chi connectivity index (χ4v) is 5.69. The molecule has 1 aliphatic carbocycles. The Bertz CT molecular complexity index is 1170. The predicted molar refractivity (Wildman–Crippen MR) is 133 cm³/mol. The second-order valence-electron chi connectivity index (χ2n) is 9.93. The number of H-pyrrole nitrogens is 1. The van der Waals surface area contributed by atoms with E-state index in [9.17, 15) is 4.79 Å². The third-order valence-corrected chi connectivity index (χ3v) is 7.80. The van der Waals surface area contributed by atoms with Gasteiger partial charge in [-0.3, -0.25) is 4.79 Å². The standard InChI is InChI=1S/C28H33N5O/c1-18-24(9-10-25(32-13-4-14-32)26(18)27-19(2)30-20(3)31-27)28(34)33-15-11-23(12-16-33)22-7-5-21(17-29)6-8-22/h5-10,18,23-24H,4,11-16H2,1-3H3,(H,30,31). The van der Waals surface area contributed by atoms with Gasteiger partial charge in [0.05, 0.1) is 28.9 Å². The van der Waals surface area contributed by atoms with Crippen molar-refractivity contribution in [2.24, 2.45) is 11.8 Å². The lowest BCUT2D eigenvalue weighted by molar-refractivity contribution is -0.135. The molecule has 0 radical (unpaired) electrons. The Morgan fingerprint density at radius 3 is 2.38 bits per heavy atom. The van der Waals surface area contributed by atoms with Crippen molar-refractivity contribution in [2.75, 3.05) is 26.2 Å². The monoisotopic (exact) mass is 455 g/mol. The molecule has 0 saturated carbocycles. The number of likely N-dealkylation sites (tertiary alicyclic amines) is 2. The second-order valence-corrected chi connectivity index (χ2v) is 9.93. The molecule has 5 rings (SSSR count). The number of aromatic amines is 1. The zero-order valence-electron chi connectivity index (χ0n) is 20.3. The largest absolute Gasteiger partial charge is 0.371 e. The van der Waals surface area contributed by atoms with Gasteiger partial charge in [0.1, 0.15) is 5.82 Å². The van der Waals surface area contributed by atoms with E-state index in [1.54, 1.807) is 0 Å². The predicted octanol–water partition coefficient (Wildman–Crippen LogP) is 4.54. The van der Waals surface area contributed by atoms with E-state index < -0.39 is 0 Å². The van der Waals surface area contributed by atoms with Crippen LogP contribution in [0.4, 0.5) is 0 Å². The molecule has 1 amide bonds. The molecule has 2 aromatic rings. The van der Waals surface area contributed by atoms with Crippen molar-refractivity contribution >= 4 is 11.5 Å². The van der Waals surface area contributed by atoms with E-state index in [1.165, 1.54) is 23.3 Å². The lowest BCUT2D eigenvalue weighted by Crippen LogP contribution is -2.44. The van der Waals surface area contributed by atoms with Crippen LogP contribution in [0.2, 0.25) is 0 Å². The molecule has 3 aliphatic rings. The third-order valence-electron chi connectivity index (χ3n) is 7.80. The molecule has 2 atom stereocenters. The van der Waals surface area contributed by atoms with Gasteiger partial charge in [0, 0.05) is 43.4 Å². The van der Waals surface area contributed by atoms with Crippen molar-refractivity contribution < 1.29 is 4.79 Å². The minimum atomic E-state index is -0.158. The SMILES string of the molecule is Cc1nc(C)c(C2=C(N3CCC3)C=CC(C(=O)N3CCC(c4ccc(C#N)cc4)CC3)C2C)[nH]1. The highest BCUT2D eigenvalue weighted by Crippen LogP contribution is 2.41. The number of hydrogen-bond donors (Lipinski definition) is 1. The summed E-state index contributed by atoms with van der Waals surface area (Å²) in [5.41, 5.74) is 6.51. The molecule has 3 heterocycles. The summed E-state index contributed by atoms with van der Waals surface area (Å²) < 4.78 is 0. The number of allylic oxidation sites excluding steroid dienone is 2. The molecule has 34 heavy (non-hydrogen) atoms. The molecule has 2 unspecified atom stereocenters. The summed E-state index contributed by atoms with van der Waals surface area (Å²) in [6.45, 7) is 9.94. The molecule has 0 spiro atoms. The molecule has 176 valence electrons.